The molecule has 1 aromatic heterocycles. The van der Waals surface area contributed by atoms with Crippen LogP contribution in [0.1, 0.15) is 10.4 Å². The van der Waals surface area contributed by atoms with Gasteiger partial charge in [0.2, 0.25) is 0 Å². The fourth-order valence-electron chi connectivity index (χ4n) is 3.06. The Balaban J connectivity index is 1.58. The summed E-state index contributed by atoms with van der Waals surface area (Å²) in [6.07, 6.45) is 0. The van der Waals surface area contributed by atoms with E-state index in [2.05, 4.69) is 15.0 Å². The van der Waals surface area contributed by atoms with Crippen LogP contribution in [0, 0.1) is 0 Å². The summed E-state index contributed by atoms with van der Waals surface area (Å²) >= 11 is 7.09. The second-order valence-corrected chi connectivity index (χ2v) is 9.77. The molecule has 3 aromatic carbocycles. The number of aromatic nitrogens is 1. The number of methoxy groups -OCH3 is 1. The number of thiazole rings is 1. The Labute approximate surface area is 200 Å². The van der Waals surface area contributed by atoms with Gasteiger partial charge < -0.3 is 4.74 Å². The number of carbonyl (C=O) groups is 1. The number of halogens is 1. The van der Waals surface area contributed by atoms with E-state index in [-0.39, 0.29) is 10.8 Å². The first kappa shape index (κ1) is 22.8. The highest BCUT2D eigenvalue weighted by Gasteiger charge is 2.18. The van der Waals surface area contributed by atoms with Gasteiger partial charge in [0.15, 0.2) is 5.13 Å². The molecule has 4 rings (SSSR count). The standard InChI is InChI=1S/C23H18ClN3O4S2/c1-31-21-9-5-3-7-18(21)22(28)26-23-25-20(14-32-23)17-6-2-4-8-19(17)27-33(29,30)16-12-10-15(24)11-13-16/h2-14,27H,1H3,(H,25,26,28). The van der Waals surface area contributed by atoms with Crippen molar-refractivity contribution in [3.05, 3.63) is 88.8 Å². The lowest BCUT2D eigenvalue weighted by atomic mass is 10.1. The third-order valence-electron chi connectivity index (χ3n) is 4.65. The maximum absolute atomic E-state index is 12.8. The summed E-state index contributed by atoms with van der Waals surface area (Å²) in [5.41, 5.74) is 1.84. The van der Waals surface area contributed by atoms with Crippen LogP contribution in [0.15, 0.2) is 83.1 Å². The number of anilines is 2. The first-order valence-electron chi connectivity index (χ1n) is 9.65. The largest absolute Gasteiger partial charge is 0.496 e. The van der Waals surface area contributed by atoms with Crippen LogP contribution in [0.2, 0.25) is 5.02 Å². The van der Waals surface area contributed by atoms with Gasteiger partial charge >= 0.3 is 0 Å². The number of nitrogens with one attached hydrogen (secondary N) is 2. The van der Waals surface area contributed by atoms with Crippen molar-refractivity contribution in [3.8, 4) is 17.0 Å². The molecule has 1 heterocycles. The average Bonchev–Trinajstić information content (AvgIpc) is 3.27. The number of benzene rings is 3. The molecule has 1 amide bonds. The van der Waals surface area contributed by atoms with E-state index in [1.807, 2.05) is 0 Å². The number of para-hydroxylation sites is 2. The van der Waals surface area contributed by atoms with Crippen molar-refractivity contribution in [1.29, 1.82) is 0 Å². The highest BCUT2D eigenvalue weighted by molar-refractivity contribution is 7.92. The Kier molecular flexibility index (Phi) is 6.64. The second kappa shape index (κ2) is 9.62. The lowest BCUT2D eigenvalue weighted by Crippen LogP contribution is -2.14. The number of amides is 1. The van der Waals surface area contributed by atoms with E-state index in [9.17, 15) is 13.2 Å². The third kappa shape index (κ3) is 5.16. The van der Waals surface area contributed by atoms with Gasteiger partial charge in [-0.2, -0.15) is 0 Å². The van der Waals surface area contributed by atoms with E-state index in [4.69, 9.17) is 16.3 Å². The lowest BCUT2D eigenvalue weighted by Gasteiger charge is -2.11. The molecule has 0 radical (unpaired) electrons. The van der Waals surface area contributed by atoms with E-state index in [0.717, 1.165) is 0 Å². The number of rotatable bonds is 7. The van der Waals surface area contributed by atoms with Crippen molar-refractivity contribution in [3.63, 3.8) is 0 Å². The Morgan fingerprint density at radius 3 is 2.45 bits per heavy atom. The maximum Gasteiger partial charge on any atom is 0.261 e. The maximum atomic E-state index is 12.8. The van der Waals surface area contributed by atoms with Crippen LogP contribution in [0.5, 0.6) is 5.75 Å². The predicted molar refractivity (Wildman–Crippen MR) is 131 cm³/mol. The summed E-state index contributed by atoms with van der Waals surface area (Å²) in [7, 11) is -2.34. The van der Waals surface area contributed by atoms with Gasteiger partial charge in [-0.15, -0.1) is 11.3 Å². The highest BCUT2D eigenvalue weighted by Crippen LogP contribution is 2.32. The van der Waals surface area contributed by atoms with E-state index >= 15 is 0 Å². The Hall–Kier alpha value is -3.40. The number of nitrogens with zero attached hydrogens (tertiary/aromatic N) is 1. The van der Waals surface area contributed by atoms with Crippen LogP contribution in [-0.2, 0) is 10.0 Å². The van der Waals surface area contributed by atoms with Crippen LogP contribution in [0.4, 0.5) is 10.8 Å². The third-order valence-corrected chi connectivity index (χ3v) is 7.04. The molecule has 0 aliphatic rings. The zero-order chi connectivity index (χ0) is 23.4. The molecule has 7 nitrogen and oxygen atoms in total. The van der Waals surface area contributed by atoms with Gasteiger partial charge in [0.1, 0.15) is 5.75 Å². The molecule has 0 unspecified atom stereocenters. The normalized spacial score (nSPS) is 11.1. The van der Waals surface area contributed by atoms with Gasteiger partial charge in [0, 0.05) is 16.0 Å². The van der Waals surface area contributed by atoms with Crippen molar-refractivity contribution in [1.82, 2.24) is 4.98 Å². The van der Waals surface area contributed by atoms with Crippen molar-refractivity contribution >= 4 is 49.7 Å². The zero-order valence-corrected chi connectivity index (χ0v) is 19.7. The molecule has 0 saturated heterocycles. The van der Waals surface area contributed by atoms with Gasteiger partial charge in [-0.05, 0) is 42.5 Å². The van der Waals surface area contributed by atoms with Crippen molar-refractivity contribution in [2.24, 2.45) is 0 Å². The van der Waals surface area contributed by atoms with E-state index in [0.29, 0.717) is 38.4 Å². The minimum absolute atomic E-state index is 0.0877. The molecule has 0 aliphatic heterocycles. The summed E-state index contributed by atoms with van der Waals surface area (Å²) in [6.45, 7) is 0. The zero-order valence-electron chi connectivity index (χ0n) is 17.3. The molecule has 0 aliphatic carbocycles. The molecule has 0 bridgehead atoms. The van der Waals surface area contributed by atoms with Gasteiger partial charge in [0.25, 0.3) is 15.9 Å². The minimum Gasteiger partial charge on any atom is -0.496 e. The van der Waals surface area contributed by atoms with Crippen LogP contribution < -0.4 is 14.8 Å². The van der Waals surface area contributed by atoms with Crippen LogP contribution in [-0.4, -0.2) is 26.4 Å². The monoisotopic (exact) mass is 499 g/mol. The Morgan fingerprint density at radius 1 is 1.00 bits per heavy atom. The van der Waals surface area contributed by atoms with E-state index in [1.54, 1.807) is 53.9 Å². The van der Waals surface area contributed by atoms with Gasteiger partial charge in [-0.3, -0.25) is 14.8 Å². The highest BCUT2D eigenvalue weighted by atomic mass is 35.5. The summed E-state index contributed by atoms with van der Waals surface area (Å²) in [6, 6.07) is 19.7. The van der Waals surface area contributed by atoms with Crippen LogP contribution in [0.3, 0.4) is 0 Å². The number of hydrogen-bond donors (Lipinski definition) is 2. The van der Waals surface area contributed by atoms with Gasteiger partial charge in [-0.25, -0.2) is 13.4 Å². The Morgan fingerprint density at radius 2 is 1.70 bits per heavy atom. The summed E-state index contributed by atoms with van der Waals surface area (Å²) in [5, 5.41) is 5.32. The molecule has 0 spiro atoms. The van der Waals surface area contributed by atoms with Crippen molar-refractivity contribution in [2.75, 3.05) is 17.1 Å². The lowest BCUT2D eigenvalue weighted by molar-refractivity contribution is 0.102. The molecule has 0 fully saturated rings. The SMILES string of the molecule is COc1ccccc1C(=O)Nc1nc(-c2ccccc2NS(=O)(=O)c2ccc(Cl)cc2)cs1. The molecule has 0 atom stereocenters. The summed E-state index contributed by atoms with van der Waals surface area (Å²) in [5.74, 6) is 0.0961. The van der Waals surface area contributed by atoms with Crippen molar-refractivity contribution in [2.45, 2.75) is 4.90 Å². The van der Waals surface area contributed by atoms with Gasteiger partial charge in [0.05, 0.1) is 29.0 Å². The predicted octanol–water partition coefficient (Wildman–Crippen LogP) is 5.53. The van der Waals surface area contributed by atoms with E-state index in [1.165, 1.54) is 42.7 Å². The van der Waals surface area contributed by atoms with Crippen LogP contribution >= 0.6 is 22.9 Å². The first-order valence-corrected chi connectivity index (χ1v) is 12.4. The van der Waals surface area contributed by atoms with Crippen molar-refractivity contribution < 1.29 is 17.9 Å². The fraction of sp³-hybridized carbons (Fsp3) is 0.0435. The molecule has 2 N–H and O–H groups in total. The summed E-state index contributed by atoms with van der Waals surface area (Å²) < 4.78 is 33.5. The molecule has 168 valence electrons. The van der Waals surface area contributed by atoms with E-state index < -0.39 is 10.0 Å². The molecule has 0 saturated carbocycles. The molecular weight excluding hydrogens is 482 g/mol. The topological polar surface area (TPSA) is 97.4 Å². The number of hydrogen-bond acceptors (Lipinski definition) is 6. The minimum atomic E-state index is -3.83. The second-order valence-electron chi connectivity index (χ2n) is 6.80. The molecule has 10 heteroatoms. The smallest absolute Gasteiger partial charge is 0.261 e. The Bertz CT molecular complexity index is 1400. The first-order chi connectivity index (χ1) is 15.9. The summed E-state index contributed by atoms with van der Waals surface area (Å²) in [4.78, 5) is 17.2. The molecular formula is C23H18ClN3O4S2. The average molecular weight is 500 g/mol. The quantitative estimate of drug-likeness (QED) is 0.348. The number of carbonyl (C=O) groups excluding carboxylic acids is 1. The van der Waals surface area contributed by atoms with Gasteiger partial charge in [-0.1, -0.05) is 41.9 Å². The molecule has 33 heavy (non-hydrogen) atoms. The number of sulfonamides is 1. The van der Waals surface area contributed by atoms with Crippen LogP contribution in [0.25, 0.3) is 11.3 Å². The molecule has 4 aromatic rings. The number of ether oxygens (including phenoxy) is 1. The fourth-order valence-corrected chi connectivity index (χ4v) is 4.98.